The summed E-state index contributed by atoms with van der Waals surface area (Å²) in [5, 5.41) is 2.93. The fraction of sp³-hybridized carbons (Fsp3) is 0.579. The Bertz CT molecular complexity index is 617. The number of aryl methyl sites for hydroxylation is 3. The van der Waals surface area contributed by atoms with Gasteiger partial charge in [0.25, 0.3) is 0 Å². The third-order valence-corrected chi connectivity index (χ3v) is 4.84. The van der Waals surface area contributed by atoms with E-state index < -0.39 is 5.54 Å². The van der Waals surface area contributed by atoms with Crippen molar-refractivity contribution in [3.8, 4) is 0 Å². The van der Waals surface area contributed by atoms with Crippen LogP contribution >= 0.6 is 12.4 Å². The Labute approximate surface area is 156 Å². The number of nitrogens with two attached hydrogens (primary N) is 1. The molecule has 5 nitrogen and oxygen atoms in total. The van der Waals surface area contributed by atoms with E-state index in [1.54, 1.807) is 7.05 Å². The first-order chi connectivity index (χ1) is 11.2. The van der Waals surface area contributed by atoms with Crippen molar-refractivity contribution >= 4 is 29.9 Å². The summed E-state index contributed by atoms with van der Waals surface area (Å²) in [7, 11) is 1.65. The molecule has 25 heavy (non-hydrogen) atoms. The molecule has 1 saturated carbocycles. The number of carbonyl (C=O) groups is 2. The zero-order chi connectivity index (χ0) is 17.9. The zero-order valence-corrected chi connectivity index (χ0v) is 16.5. The Morgan fingerprint density at radius 3 is 2.16 bits per heavy atom. The van der Waals surface area contributed by atoms with E-state index in [0.717, 1.165) is 41.6 Å². The standard InChI is InChI=1S/C19H29N3O2.ClH/c1-13-10-14(2)17(15(3)11-13)21-16(23)12-22(4)18(24)19(20)8-6-5-7-9-19;/h10-11H,5-9,12,20H2,1-4H3,(H,21,23);1H. The lowest BCUT2D eigenvalue weighted by Crippen LogP contribution is -2.56. The van der Waals surface area contributed by atoms with Gasteiger partial charge in [0, 0.05) is 12.7 Å². The first kappa shape index (κ1) is 21.5. The fourth-order valence-electron chi connectivity index (χ4n) is 3.62. The predicted octanol–water partition coefficient (Wildman–Crippen LogP) is 3.09. The van der Waals surface area contributed by atoms with Crippen molar-refractivity contribution in [1.82, 2.24) is 4.90 Å². The molecule has 1 aliphatic carbocycles. The number of nitrogens with zero attached hydrogens (tertiary/aromatic N) is 1. The van der Waals surface area contributed by atoms with Crippen LogP contribution in [0, 0.1) is 20.8 Å². The molecule has 0 radical (unpaired) electrons. The third-order valence-electron chi connectivity index (χ3n) is 4.84. The number of likely N-dealkylation sites (N-methyl/N-ethyl adjacent to an activating group) is 1. The molecule has 140 valence electrons. The molecule has 0 atom stereocenters. The molecule has 3 N–H and O–H groups in total. The van der Waals surface area contributed by atoms with Crippen molar-refractivity contribution in [1.29, 1.82) is 0 Å². The van der Waals surface area contributed by atoms with Gasteiger partial charge in [0.15, 0.2) is 0 Å². The van der Waals surface area contributed by atoms with Crippen molar-refractivity contribution < 1.29 is 9.59 Å². The Morgan fingerprint density at radius 1 is 1.12 bits per heavy atom. The minimum absolute atomic E-state index is 0. The molecular weight excluding hydrogens is 338 g/mol. The van der Waals surface area contributed by atoms with Crippen molar-refractivity contribution in [2.75, 3.05) is 18.9 Å². The number of hydrogen-bond donors (Lipinski definition) is 2. The maximum Gasteiger partial charge on any atom is 0.243 e. The number of hydrogen-bond acceptors (Lipinski definition) is 3. The van der Waals surface area contributed by atoms with Crippen LogP contribution in [0.3, 0.4) is 0 Å². The summed E-state index contributed by atoms with van der Waals surface area (Å²) in [5.41, 5.74) is 9.51. The lowest BCUT2D eigenvalue weighted by atomic mass is 9.81. The molecule has 6 heteroatoms. The number of halogens is 1. The number of benzene rings is 1. The monoisotopic (exact) mass is 367 g/mol. The summed E-state index contributed by atoms with van der Waals surface area (Å²) in [6.07, 6.45) is 4.48. The van der Waals surface area contributed by atoms with Crippen LogP contribution < -0.4 is 11.1 Å². The van der Waals surface area contributed by atoms with E-state index in [9.17, 15) is 9.59 Å². The van der Waals surface area contributed by atoms with E-state index in [4.69, 9.17) is 5.73 Å². The second kappa shape index (κ2) is 8.68. The zero-order valence-electron chi connectivity index (χ0n) is 15.6. The number of nitrogens with one attached hydrogen (secondary N) is 1. The fourth-order valence-corrected chi connectivity index (χ4v) is 3.62. The van der Waals surface area contributed by atoms with E-state index >= 15 is 0 Å². The molecule has 0 unspecified atom stereocenters. The van der Waals surface area contributed by atoms with E-state index in [1.165, 1.54) is 4.90 Å². The number of carbonyl (C=O) groups excluding carboxylic acids is 2. The van der Waals surface area contributed by atoms with Gasteiger partial charge in [0.05, 0.1) is 12.1 Å². The van der Waals surface area contributed by atoms with Gasteiger partial charge in [-0.05, 0) is 44.7 Å². The third kappa shape index (κ3) is 5.19. The second-order valence-corrected chi connectivity index (χ2v) is 7.20. The highest BCUT2D eigenvalue weighted by Gasteiger charge is 2.37. The smallest absolute Gasteiger partial charge is 0.243 e. The molecule has 0 bridgehead atoms. The number of anilines is 1. The molecule has 0 heterocycles. The van der Waals surface area contributed by atoms with Crippen LogP contribution in [0.4, 0.5) is 5.69 Å². The van der Waals surface area contributed by atoms with Crippen molar-refractivity contribution in [2.24, 2.45) is 5.73 Å². The highest BCUT2D eigenvalue weighted by atomic mass is 35.5. The molecule has 0 saturated heterocycles. The van der Waals surface area contributed by atoms with Crippen LogP contribution in [0.2, 0.25) is 0 Å². The summed E-state index contributed by atoms with van der Waals surface area (Å²) in [6.45, 7) is 6.00. The minimum Gasteiger partial charge on any atom is -0.335 e. The average Bonchev–Trinajstić information content (AvgIpc) is 2.50. The van der Waals surface area contributed by atoms with Gasteiger partial charge in [-0.2, -0.15) is 0 Å². The second-order valence-electron chi connectivity index (χ2n) is 7.20. The van der Waals surface area contributed by atoms with Crippen LogP contribution in [-0.4, -0.2) is 35.8 Å². The highest BCUT2D eigenvalue weighted by molar-refractivity contribution is 5.97. The summed E-state index contributed by atoms with van der Waals surface area (Å²) in [6, 6.07) is 4.07. The molecule has 1 fully saturated rings. The maximum absolute atomic E-state index is 12.6. The molecule has 2 amide bonds. The van der Waals surface area contributed by atoms with Crippen LogP contribution in [0.1, 0.15) is 48.8 Å². The van der Waals surface area contributed by atoms with Crippen molar-refractivity contribution in [3.05, 3.63) is 28.8 Å². The molecule has 0 aromatic heterocycles. The van der Waals surface area contributed by atoms with Crippen LogP contribution in [0.15, 0.2) is 12.1 Å². The Balaban J connectivity index is 0.00000312. The van der Waals surface area contributed by atoms with E-state index in [2.05, 4.69) is 5.32 Å². The minimum atomic E-state index is -0.803. The molecule has 0 aliphatic heterocycles. The Hall–Kier alpha value is -1.59. The van der Waals surface area contributed by atoms with E-state index in [-0.39, 0.29) is 30.8 Å². The Kier molecular flexibility index (Phi) is 7.44. The molecule has 1 aromatic rings. The van der Waals surface area contributed by atoms with Crippen molar-refractivity contribution in [3.63, 3.8) is 0 Å². The predicted molar refractivity (Wildman–Crippen MR) is 104 cm³/mol. The summed E-state index contributed by atoms with van der Waals surface area (Å²) in [4.78, 5) is 26.4. The largest absolute Gasteiger partial charge is 0.335 e. The molecule has 1 aromatic carbocycles. The number of rotatable bonds is 4. The quantitative estimate of drug-likeness (QED) is 0.858. The van der Waals surface area contributed by atoms with Crippen LogP contribution in [-0.2, 0) is 9.59 Å². The van der Waals surface area contributed by atoms with Gasteiger partial charge in [-0.15, -0.1) is 12.4 Å². The van der Waals surface area contributed by atoms with Gasteiger partial charge in [0.1, 0.15) is 0 Å². The molecule has 2 rings (SSSR count). The summed E-state index contributed by atoms with van der Waals surface area (Å²) >= 11 is 0. The average molecular weight is 368 g/mol. The van der Waals surface area contributed by atoms with Crippen LogP contribution in [0.25, 0.3) is 0 Å². The number of amides is 2. The highest BCUT2D eigenvalue weighted by Crippen LogP contribution is 2.27. The molecule has 0 spiro atoms. The van der Waals surface area contributed by atoms with Gasteiger partial charge in [-0.1, -0.05) is 37.0 Å². The van der Waals surface area contributed by atoms with Gasteiger partial charge >= 0.3 is 0 Å². The van der Waals surface area contributed by atoms with Gasteiger partial charge < -0.3 is 16.0 Å². The van der Waals surface area contributed by atoms with Gasteiger partial charge in [0.2, 0.25) is 11.8 Å². The lowest BCUT2D eigenvalue weighted by molar-refractivity contribution is -0.139. The van der Waals surface area contributed by atoms with E-state index in [0.29, 0.717) is 12.8 Å². The first-order valence-electron chi connectivity index (χ1n) is 8.65. The summed E-state index contributed by atoms with van der Waals surface area (Å²) < 4.78 is 0. The summed E-state index contributed by atoms with van der Waals surface area (Å²) in [5.74, 6) is -0.324. The topological polar surface area (TPSA) is 75.4 Å². The van der Waals surface area contributed by atoms with Gasteiger partial charge in [-0.25, -0.2) is 0 Å². The van der Waals surface area contributed by atoms with Crippen molar-refractivity contribution in [2.45, 2.75) is 58.4 Å². The first-order valence-corrected chi connectivity index (χ1v) is 8.65. The Morgan fingerprint density at radius 2 is 1.64 bits per heavy atom. The van der Waals surface area contributed by atoms with Crippen LogP contribution in [0.5, 0.6) is 0 Å². The van der Waals surface area contributed by atoms with E-state index in [1.807, 2.05) is 32.9 Å². The molecular formula is C19H30ClN3O2. The van der Waals surface area contributed by atoms with Gasteiger partial charge in [-0.3, -0.25) is 9.59 Å². The lowest BCUT2D eigenvalue weighted by Gasteiger charge is -2.35. The normalized spacial score (nSPS) is 15.9. The maximum atomic E-state index is 12.6. The SMILES string of the molecule is Cc1cc(C)c(NC(=O)CN(C)C(=O)C2(N)CCCCC2)c(C)c1.Cl. The molecule has 1 aliphatic rings.